The highest BCUT2D eigenvalue weighted by atomic mass is 19.1. The zero-order valence-corrected chi connectivity index (χ0v) is 17.7. The Morgan fingerprint density at radius 1 is 0.939 bits per heavy atom. The monoisotopic (exact) mass is 447 g/mol. The Morgan fingerprint density at radius 2 is 1.64 bits per heavy atom. The summed E-state index contributed by atoms with van der Waals surface area (Å²) in [6, 6.07) is 16.0. The molecule has 2 heterocycles. The van der Waals surface area contributed by atoms with Crippen molar-refractivity contribution in [1.29, 1.82) is 0 Å². The fourth-order valence-corrected chi connectivity index (χ4v) is 4.26. The van der Waals surface area contributed by atoms with Crippen molar-refractivity contribution in [3.63, 3.8) is 0 Å². The normalized spacial score (nSPS) is 15.2. The predicted molar refractivity (Wildman–Crippen MR) is 118 cm³/mol. The summed E-state index contributed by atoms with van der Waals surface area (Å²) >= 11 is 0. The summed E-state index contributed by atoms with van der Waals surface area (Å²) in [5, 5.41) is 0.0608. The lowest BCUT2D eigenvalue weighted by molar-refractivity contribution is 0.0730. The minimum absolute atomic E-state index is 0.0608. The molecular weight excluding hydrogens is 428 g/mol. The second-order valence-electron chi connectivity index (χ2n) is 7.87. The van der Waals surface area contributed by atoms with Crippen molar-refractivity contribution in [3.05, 3.63) is 111 Å². The summed E-state index contributed by atoms with van der Waals surface area (Å²) in [6.45, 7) is 0.293. The first-order valence-electron chi connectivity index (χ1n) is 10.4. The Bertz CT molecular complexity index is 1410. The average molecular weight is 447 g/mol. The molecular formula is C26H19F2NO4. The van der Waals surface area contributed by atoms with Crippen LogP contribution in [0.1, 0.15) is 33.3 Å². The Labute approximate surface area is 187 Å². The predicted octanol–water partition coefficient (Wildman–Crippen LogP) is 4.87. The molecule has 1 aromatic heterocycles. The molecule has 0 spiro atoms. The van der Waals surface area contributed by atoms with Gasteiger partial charge in [-0.2, -0.15) is 0 Å². The second-order valence-corrected chi connectivity index (χ2v) is 7.87. The van der Waals surface area contributed by atoms with Crippen molar-refractivity contribution in [3.8, 4) is 5.75 Å². The molecule has 0 bridgehead atoms. The third-order valence-electron chi connectivity index (χ3n) is 5.91. The molecule has 33 heavy (non-hydrogen) atoms. The summed E-state index contributed by atoms with van der Waals surface area (Å²) in [6.07, 6.45) is 0.518. The van der Waals surface area contributed by atoms with Gasteiger partial charge in [-0.1, -0.05) is 24.3 Å². The van der Waals surface area contributed by atoms with Gasteiger partial charge in [-0.15, -0.1) is 0 Å². The van der Waals surface area contributed by atoms with Crippen molar-refractivity contribution < 1.29 is 22.7 Å². The number of halogens is 2. The van der Waals surface area contributed by atoms with E-state index in [2.05, 4.69) is 0 Å². The van der Waals surface area contributed by atoms with Crippen LogP contribution in [0.3, 0.4) is 0 Å². The van der Waals surface area contributed by atoms with Gasteiger partial charge < -0.3 is 14.1 Å². The summed E-state index contributed by atoms with van der Waals surface area (Å²) in [7, 11) is 1.59. The van der Waals surface area contributed by atoms with E-state index < -0.39 is 29.0 Å². The van der Waals surface area contributed by atoms with Crippen LogP contribution in [0.4, 0.5) is 8.78 Å². The van der Waals surface area contributed by atoms with Gasteiger partial charge in [0.1, 0.15) is 23.0 Å². The summed E-state index contributed by atoms with van der Waals surface area (Å²) < 4.78 is 38.4. The Morgan fingerprint density at radius 3 is 2.33 bits per heavy atom. The van der Waals surface area contributed by atoms with Gasteiger partial charge in [0.05, 0.1) is 24.1 Å². The topological polar surface area (TPSA) is 59.8 Å². The Kier molecular flexibility index (Phi) is 5.17. The van der Waals surface area contributed by atoms with Gasteiger partial charge in [0.2, 0.25) is 5.76 Å². The van der Waals surface area contributed by atoms with E-state index in [4.69, 9.17) is 9.15 Å². The molecule has 0 N–H and O–H groups in total. The number of ether oxygens (including phenoxy) is 1. The molecule has 7 heteroatoms. The summed E-state index contributed by atoms with van der Waals surface area (Å²) in [5.74, 6) is -0.782. The number of carbonyl (C=O) groups is 1. The van der Waals surface area contributed by atoms with Gasteiger partial charge in [-0.3, -0.25) is 9.59 Å². The third-order valence-corrected chi connectivity index (χ3v) is 5.91. The second kappa shape index (κ2) is 8.16. The molecule has 5 rings (SSSR count). The molecule has 0 fully saturated rings. The van der Waals surface area contributed by atoms with Crippen LogP contribution in [0.25, 0.3) is 11.0 Å². The van der Waals surface area contributed by atoms with Crippen LogP contribution in [-0.4, -0.2) is 24.5 Å². The van der Waals surface area contributed by atoms with Crippen LogP contribution >= 0.6 is 0 Å². The lowest BCUT2D eigenvalue weighted by Gasteiger charge is -2.25. The highest BCUT2D eigenvalue weighted by Gasteiger charge is 2.42. The lowest BCUT2D eigenvalue weighted by atomic mass is 9.98. The van der Waals surface area contributed by atoms with Crippen molar-refractivity contribution in [2.24, 2.45) is 0 Å². The first-order valence-corrected chi connectivity index (χ1v) is 10.4. The van der Waals surface area contributed by atoms with Gasteiger partial charge in [0, 0.05) is 6.54 Å². The molecule has 4 aromatic rings. The number of rotatable bonds is 5. The first kappa shape index (κ1) is 20.9. The van der Waals surface area contributed by atoms with E-state index in [1.54, 1.807) is 12.0 Å². The number of hydrogen-bond acceptors (Lipinski definition) is 4. The Hall–Kier alpha value is -4.00. The SMILES string of the molecule is COc1ccc(CCN2C(=O)c3oc4ccc(F)cc4c(=O)c3C2c2ccc(F)cc2)cc1. The summed E-state index contributed by atoms with van der Waals surface area (Å²) in [4.78, 5) is 28.3. The maximum Gasteiger partial charge on any atom is 0.290 e. The largest absolute Gasteiger partial charge is 0.497 e. The van der Waals surface area contributed by atoms with Crippen LogP contribution < -0.4 is 10.2 Å². The zero-order valence-electron chi connectivity index (χ0n) is 17.7. The van der Waals surface area contributed by atoms with Crippen molar-refractivity contribution in [2.75, 3.05) is 13.7 Å². The maximum atomic E-state index is 13.8. The molecule has 0 saturated carbocycles. The molecule has 1 unspecified atom stereocenters. The fraction of sp³-hybridized carbons (Fsp3) is 0.154. The Balaban J connectivity index is 1.60. The van der Waals surface area contributed by atoms with E-state index >= 15 is 0 Å². The van der Waals surface area contributed by atoms with E-state index in [0.717, 1.165) is 17.4 Å². The van der Waals surface area contributed by atoms with Crippen molar-refractivity contribution in [1.82, 2.24) is 4.90 Å². The molecule has 3 aromatic carbocycles. The number of methoxy groups -OCH3 is 1. The molecule has 166 valence electrons. The van der Waals surface area contributed by atoms with Crippen molar-refractivity contribution >= 4 is 16.9 Å². The lowest BCUT2D eigenvalue weighted by Crippen LogP contribution is -2.31. The number of benzene rings is 3. The highest BCUT2D eigenvalue weighted by molar-refractivity contribution is 5.99. The first-order chi connectivity index (χ1) is 16.0. The van der Waals surface area contributed by atoms with Crippen LogP contribution in [0.5, 0.6) is 5.75 Å². The van der Waals surface area contributed by atoms with Gasteiger partial charge in [0.25, 0.3) is 5.91 Å². The maximum absolute atomic E-state index is 13.8. The molecule has 1 atom stereocenters. The molecule has 5 nitrogen and oxygen atoms in total. The van der Waals surface area contributed by atoms with E-state index in [9.17, 15) is 18.4 Å². The van der Waals surface area contributed by atoms with Gasteiger partial charge in [-0.05, 0) is 60.0 Å². The smallest absolute Gasteiger partial charge is 0.290 e. The highest BCUT2D eigenvalue weighted by Crippen LogP contribution is 2.38. The third kappa shape index (κ3) is 3.65. The quantitative estimate of drug-likeness (QED) is 0.438. The molecule has 1 aliphatic heterocycles. The van der Waals surface area contributed by atoms with Gasteiger partial charge in [-0.25, -0.2) is 8.78 Å². The summed E-state index contributed by atoms with van der Waals surface area (Å²) in [5.41, 5.74) is 1.35. The standard InChI is InChI=1S/C26H19F2NO4/c1-32-19-9-2-15(3-10-19)12-13-29-23(16-4-6-17(27)7-5-16)22-24(30)20-14-18(28)8-11-21(20)33-25(22)26(29)31/h2-11,14,23H,12-13H2,1H3. The molecule has 1 amide bonds. The zero-order chi connectivity index (χ0) is 23.1. The van der Waals surface area contributed by atoms with Crippen LogP contribution in [0.2, 0.25) is 0 Å². The minimum atomic E-state index is -0.768. The number of hydrogen-bond donors (Lipinski definition) is 0. The number of amides is 1. The number of carbonyl (C=O) groups excluding carboxylic acids is 1. The molecule has 0 radical (unpaired) electrons. The van der Waals surface area contributed by atoms with Crippen LogP contribution in [-0.2, 0) is 6.42 Å². The van der Waals surface area contributed by atoms with E-state index in [-0.39, 0.29) is 22.3 Å². The van der Waals surface area contributed by atoms with E-state index in [1.165, 1.54) is 36.4 Å². The van der Waals surface area contributed by atoms with Gasteiger partial charge >= 0.3 is 0 Å². The number of nitrogens with zero attached hydrogens (tertiary/aromatic N) is 1. The molecule has 0 saturated heterocycles. The minimum Gasteiger partial charge on any atom is -0.497 e. The van der Waals surface area contributed by atoms with Crippen molar-refractivity contribution in [2.45, 2.75) is 12.5 Å². The molecule has 0 aliphatic carbocycles. The van der Waals surface area contributed by atoms with Gasteiger partial charge in [0.15, 0.2) is 5.43 Å². The fourth-order valence-electron chi connectivity index (χ4n) is 4.26. The van der Waals surface area contributed by atoms with Crippen LogP contribution in [0, 0.1) is 11.6 Å². The van der Waals surface area contributed by atoms with E-state index in [0.29, 0.717) is 18.5 Å². The van der Waals surface area contributed by atoms with Crippen LogP contribution in [0.15, 0.2) is 75.9 Å². The average Bonchev–Trinajstić information content (AvgIpc) is 3.11. The van der Waals surface area contributed by atoms with E-state index in [1.807, 2.05) is 24.3 Å². The molecule has 1 aliphatic rings. The number of fused-ring (bicyclic) bond motifs is 2.